The molecule has 0 saturated carbocycles. The number of hydrogen-bond acceptors (Lipinski definition) is 4. The van der Waals surface area contributed by atoms with Crippen LogP contribution in [0.4, 0.5) is 13.2 Å². The molecule has 32 heavy (non-hydrogen) atoms. The number of hydrogen-bond donors (Lipinski definition) is 0. The number of aromatic nitrogens is 2. The smallest absolute Gasteiger partial charge is 0.339 e. The topological polar surface area (TPSA) is 59.2 Å². The summed E-state index contributed by atoms with van der Waals surface area (Å²) in [5.41, 5.74) is -0.117. The average molecular weight is 505 g/mol. The minimum atomic E-state index is -4.41. The molecule has 11 heteroatoms. The Kier molecular flexibility index (Phi) is 6.38. The normalized spacial score (nSPS) is 15.2. The van der Waals surface area contributed by atoms with Crippen LogP contribution in [-0.2, 0) is 6.18 Å². The summed E-state index contributed by atoms with van der Waals surface area (Å²) in [5, 5.41) is 4.61. The maximum Gasteiger partial charge on any atom is 0.416 e. The molecule has 0 radical (unpaired) electrons. The van der Waals surface area contributed by atoms with Crippen molar-refractivity contribution in [3.8, 4) is 11.4 Å². The van der Waals surface area contributed by atoms with Gasteiger partial charge in [0.1, 0.15) is 0 Å². The highest BCUT2D eigenvalue weighted by Crippen LogP contribution is 2.34. The largest absolute Gasteiger partial charge is 0.416 e. The van der Waals surface area contributed by atoms with Crippen LogP contribution in [0.5, 0.6) is 0 Å². The van der Waals surface area contributed by atoms with Crippen LogP contribution >= 0.6 is 34.8 Å². The zero-order valence-electron chi connectivity index (χ0n) is 16.3. The third-order valence-corrected chi connectivity index (χ3v) is 6.08. The molecule has 0 spiro atoms. The highest BCUT2D eigenvalue weighted by Gasteiger charge is 2.31. The van der Waals surface area contributed by atoms with Crippen LogP contribution < -0.4 is 0 Å². The SMILES string of the molecule is O=C(c1c(Cl)cc(Cl)cc1Cl)N1CCC(c2nc(-c3ccc(C(F)(F)F)cc3)no2)CC1. The van der Waals surface area contributed by atoms with Gasteiger partial charge in [-0.1, -0.05) is 52.1 Å². The van der Waals surface area contributed by atoms with Gasteiger partial charge >= 0.3 is 6.18 Å². The Hall–Kier alpha value is -2.29. The van der Waals surface area contributed by atoms with E-state index in [4.69, 9.17) is 39.3 Å². The van der Waals surface area contributed by atoms with E-state index in [1.807, 2.05) is 0 Å². The summed E-state index contributed by atoms with van der Waals surface area (Å²) >= 11 is 18.2. The van der Waals surface area contributed by atoms with Crippen molar-refractivity contribution in [1.82, 2.24) is 15.0 Å². The van der Waals surface area contributed by atoms with Crippen molar-refractivity contribution in [2.45, 2.75) is 24.9 Å². The molecule has 1 amide bonds. The standard InChI is InChI=1S/C21H15Cl3F3N3O2/c22-14-9-15(23)17(16(24)10-14)20(31)30-7-5-12(6-8-30)19-28-18(29-32-19)11-1-3-13(4-2-11)21(25,26)27/h1-4,9-10,12H,5-8H2. The van der Waals surface area contributed by atoms with Crippen LogP contribution in [0.1, 0.15) is 40.6 Å². The quantitative estimate of drug-likeness (QED) is 0.396. The molecule has 1 fully saturated rings. The number of carbonyl (C=O) groups is 1. The molecule has 2 aromatic carbocycles. The highest BCUT2D eigenvalue weighted by atomic mass is 35.5. The van der Waals surface area contributed by atoms with Gasteiger partial charge in [-0.25, -0.2) is 0 Å². The number of rotatable bonds is 3. The van der Waals surface area contributed by atoms with E-state index in [-0.39, 0.29) is 33.3 Å². The first-order valence-electron chi connectivity index (χ1n) is 9.58. The lowest BCUT2D eigenvalue weighted by molar-refractivity contribution is -0.137. The fourth-order valence-electron chi connectivity index (χ4n) is 3.56. The zero-order valence-corrected chi connectivity index (χ0v) is 18.6. The summed E-state index contributed by atoms with van der Waals surface area (Å²) in [5.74, 6) is 0.235. The molecule has 1 aromatic heterocycles. The number of benzene rings is 2. The first-order valence-corrected chi connectivity index (χ1v) is 10.7. The zero-order chi connectivity index (χ0) is 23.0. The van der Waals surface area contributed by atoms with E-state index in [9.17, 15) is 18.0 Å². The molecule has 0 unspecified atom stereocenters. The third kappa shape index (κ3) is 4.72. The van der Waals surface area contributed by atoms with Gasteiger partial charge in [0.05, 0.1) is 21.2 Å². The monoisotopic (exact) mass is 503 g/mol. The van der Waals surface area contributed by atoms with Crippen molar-refractivity contribution in [3.63, 3.8) is 0 Å². The first-order chi connectivity index (χ1) is 15.1. The maximum atomic E-state index is 12.9. The Morgan fingerprint density at radius 1 is 1.03 bits per heavy atom. The second kappa shape index (κ2) is 8.92. The first kappa shape index (κ1) is 22.9. The number of likely N-dealkylation sites (tertiary alicyclic amines) is 1. The van der Waals surface area contributed by atoms with Crippen molar-refractivity contribution in [3.05, 3.63) is 68.5 Å². The summed E-state index contributed by atoms with van der Waals surface area (Å²) in [4.78, 5) is 18.9. The van der Waals surface area contributed by atoms with E-state index in [1.165, 1.54) is 24.3 Å². The molecule has 2 heterocycles. The van der Waals surface area contributed by atoms with Crippen LogP contribution in [0, 0.1) is 0 Å². The lowest BCUT2D eigenvalue weighted by atomic mass is 9.96. The maximum absolute atomic E-state index is 12.9. The lowest BCUT2D eigenvalue weighted by Gasteiger charge is -2.30. The number of piperidine rings is 1. The van der Waals surface area contributed by atoms with E-state index in [0.29, 0.717) is 42.4 Å². The molecule has 0 bridgehead atoms. The van der Waals surface area contributed by atoms with Gasteiger partial charge < -0.3 is 9.42 Å². The molecular formula is C21H15Cl3F3N3O2. The number of amides is 1. The molecule has 0 atom stereocenters. The molecule has 4 rings (SSSR count). The second-order valence-electron chi connectivity index (χ2n) is 7.34. The summed E-state index contributed by atoms with van der Waals surface area (Å²) < 4.78 is 43.5. The summed E-state index contributed by atoms with van der Waals surface area (Å²) in [6.45, 7) is 0.855. The Morgan fingerprint density at radius 3 is 2.19 bits per heavy atom. The van der Waals surface area contributed by atoms with Crippen molar-refractivity contribution in [2.75, 3.05) is 13.1 Å². The van der Waals surface area contributed by atoms with Gasteiger partial charge in [0.15, 0.2) is 0 Å². The van der Waals surface area contributed by atoms with Crippen LogP contribution in [0.2, 0.25) is 15.1 Å². The predicted octanol–water partition coefficient (Wildman–Crippen LogP) is 6.74. The van der Waals surface area contributed by atoms with Gasteiger partial charge in [-0.3, -0.25) is 4.79 Å². The Bertz CT molecular complexity index is 1120. The number of halogens is 6. The molecule has 0 aliphatic carbocycles. The minimum absolute atomic E-state index is 0.0779. The van der Waals surface area contributed by atoms with Crippen LogP contribution in [0.25, 0.3) is 11.4 Å². The Balaban J connectivity index is 1.42. The van der Waals surface area contributed by atoms with E-state index < -0.39 is 11.7 Å². The van der Waals surface area contributed by atoms with Crippen LogP contribution in [0.3, 0.4) is 0 Å². The summed E-state index contributed by atoms with van der Waals surface area (Å²) in [6, 6.07) is 7.49. The van der Waals surface area contributed by atoms with Gasteiger partial charge in [0.2, 0.25) is 11.7 Å². The van der Waals surface area contributed by atoms with E-state index in [2.05, 4.69) is 10.1 Å². The molecular weight excluding hydrogens is 490 g/mol. The van der Waals surface area contributed by atoms with Gasteiger partial charge in [-0.05, 0) is 37.1 Å². The van der Waals surface area contributed by atoms with E-state index in [1.54, 1.807) is 4.90 Å². The Labute approximate surface area is 196 Å². The fraction of sp³-hybridized carbons (Fsp3) is 0.286. The van der Waals surface area contributed by atoms with Crippen LogP contribution in [0.15, 0.2) is 40.9 Å². The van der Waals surface area contributed by atoms with Crippen molar-refractivity contribution in [2.24, 2.45) is 0 Å². The second-order valence-corrected chi connectivity index (χ2v) is 8.59. The molecule has 1 aliphatic heterocycles. The number of carbonyl (C=O) groups excluding carboxylic acids is 1. The van der Waals surface area contributed by atoms with Crippen molar-refractivity contribution in [1.29, 1.82) is 0 Å². The number of nitrogens with zero attached hydrogens (tertiary/aromatic N) is 3. The molecule has 5 nitrogen and oxygen atoms in total. The molecule has 168 valence electrons. The highest BCUT2D eigenvalue weighted by molar-refractivity contribution is 6.42. The van der Waals surface area contributed by atoms with Gasteiger partial charge in [-0.2, -0.15) is 18.2 Å². The average Bonchev–Trinajstić information content (AvgIpc) is 3.23. The van der Waals surface area contributed by atoms with E-state index in [0.717, 1.165) is 12.1 Å². The summed E-state index contributed by atoms with van der Waals surface area (Å²) in [6.07, 6.45) is -3.26. The van der Waals surface area contributed by atoms with Gasteiger partial charge in [0.25, 0.3) is 5.91 Å². The van der Waals surface area contributed by atoms with E-state index >= 15 is 0 Å². The molecule has 3 aromatic rings. The third-order valence-electron chi connectivity index (χ3n) is 5.26. The summed E-state index contributed by atoms with van der Waals surface area (Å²) in [7, 11) is 0. The lowest BCUT2D eigenvalue weighted by Crippen LogP contribution is -2.38. The number of alkyl halides is 3. The predicted molar refractivity (Wildman–Crippen MR) is 114 cm³/mol. The van der Waals surface area contributed by atoms with Crippen molar-refractivity contribution < 1.29 is 22.5 Å². The van der Waals surface area contributed by atoms with Gasteiger partial charge in [0, 0.05) is 29.6 Å². The van der Waals surface area contributed by atoms with Gasteiger partial charge in [-0.15, -0.1) is 0 Å². The molecule has 0 N–H and O–H groups in total. The molecule has 1 aliphatic rings. The molecule has 1 saturated heterocycles. The fourth-order valence-corrected chi connectivity index (χ4v) is 4.54. The minimum Gasteiger partial charge on any atom is -0.339 e. The van der Waals surface area contributed by atoms with Crippen LogP contribution in [-0.4, -0.2) is 34.0 Å². The Morgan fingerprint density at radius 2 is 1.62 bits per heavy atom. The van der Waals surface area contributed by atoms with Crippen molar-refractivity contribution >= 4 is 40.7 Å².